The lowest BCUT2D eigenvalue weighted by Crippen LogP contribution is -2.37. The molecule has 2 atom stereocenters. The highest BCUT2D eigenvalue weighted by molar-refractivity contribution is 5.39. The Labute approximate surface area is 121 Å². The summed E-state index contributed by atoms with van der Waals surface area (Å²) in [5, 5.41) is 13.0. The molecular weight excluding hydrogens is 254 g/mol. The summed E-state index contributed by atoms with van der Waals surface area (Å²) in [6.45, 7) is 2.67. The molecule has 2 N–H and O–H groups in total. The molecule has 110 valence electrons. The molecule has 0 aliphatic rings. The Kier molecular flexibility index (Phi) is 7.56. The van der Waals surface area contributed by atoms with Crippen LogP contribution < -0.4 is 14.8 Å². The molecule has 4 heteroatoms. The van der Waals surface area contributed by atoms with Gasteiger partial charge >= 0.3 is 0 Å². The Morgan fingerprint density at radius 3 is 2.65 bits per heavy atom. The van der Waals surface area contributed by atoms with E-state index < -0.39 is 6.10 Å². The van der Waals surface area contributed by atoms with E-state index in [0.29, 0.717) is 18.0 Å². The molecule has 0 bridgehead atoms. The zero-order valence-electron chi connectivity index (χ0n) is 12.1. The molecular formula is C16H23NO3. The van der Waals surface area contributed by atoms with E-state index in [1.54, 1.807) is 13.2 Å². The van der Waals surface area contributed by atoms with Gasteiger partial charge < -0.3 is 19.9 Å². The van der Waals surface area contributed by atoms with Crippen LogP contribution in [0.2, 0.25) is 0 Å². The van der Waals surface area contributed by atoms with E-state index in [2.05, 4.69) is 18.2 Å². The molecule has 0 heterocycles. The minimum Gasteiger partial charge on any atom is -0.493 e. The lowest BCUT2D eigenvalue weighted by atomic mass is 10.2. The van der Waals surface area contributed by atoms with Gasteiger partial charge in [0.2, 0.25) is 0 Å². The number of ether oxygens (including phenoxy) is 2. The van der Waals surface area contributed by atoms with Gasteiger partial charge in [-0.2, -0.15) is 0 Å². The van der Waals surface area contributed by atoms with Crippen LogP contribution in [0.15, 0.2) is 24.3 Å². The van der Waals surface area contributed by atoms with Crippen LogP contribution in [0.3, 0.4) is 0 Å². The van der Waals surface area contributed by atoms with Crippen LogP contribution in [0.4, 0.5) is 0 Å². The zero-order chi connectivity index (χ0) is 14.8. The lowest BCUT2D eigenvalue weighted by molar-refractivity contribution is 0.103. The number of para-hydroxylation sites is 2. The molecule has 0 aliphatic carbocycles. The van der Waals surface area contributed by atoms with Gasteiger partial charge in [0.15, 0.2) is 11.5 Å². The molecule has 0 saturated carbocycles. The minimum absolute atomic E-state index is 0.000844. The third-order valence-corrected chi connectivity index (χ3v) is 2.88. The lowest BCUT2D eigenvalue weighted by Gasteiger charge is -2.17. The second kappa shape index (κ2) is 9.24. The molecule has 4 nitrogen and oxygen atoms in total. The van der Waals surface area contributed by atoms with Crippen molar-refractivity contribution in [3.63, 3.8) is 0 Å². The van der Waals surface area contributed by atoms with Gasteiger partial charge in [-0.3, -0.25) is 0 Å². The highest BCUT2D eigenvalue weighted by atomic mass is 16.5. The van der Waals surface area contributed by atoms with Crippen molar-refractivity contribution >= 4 is 0 Å². The fraction of sp³-hybridized carbons (Fsp3) is 0.500. The molecule has 0 fully saturated rings. The van der Waals surface area contributed by atoms with Crippen molar-refractivity contribution in [1.82, 2.24) is 5.32 Å². The van der Waals surface area contributed by atoms with Crippen LogP contribution in [0.25, 0.3) is 0 Å². The Hall–Kier alpha value is -1.70. The summed E-state index contributed by atoms with van der Waals surface area (Å²) >= 11 is 0. The van der Waals surface area contributed by atoms with Gasteiger partial charge in [0.25, 0.3) is 0 Å². The van der Waals surface area contributed by atoms with E-state index in [9.17, 15) is 5.11 Å². The molecule has 0 radical (unpaired) electrons. The first-order chi connectivity index (χ1) is 9.71. The molecule has 0 saturated heterocycles. The number of hydrogen-bond acceptors (Lipinski definition) is 4. The monoisotopic (exact) mass is 277 g/mol. The SMILES string of the molecule is C#CC(CCC)NCC(O)COc1ccccc1OC. The first kappa shape index (κ1) is 16.4. The average Bonchev–Trinajstić information content (AvgIpc) is 2.49. The number of rotatable bonds is 9. The maximum absolute atomic E-state index is 9.89. The van der Waals surface area contributed by atoms with Gasteiger partial charge in [0.05, 0.1) is 13.2 Å². The average molecular weight is 277 g/mol. The Morgan fingerprint density at radius 2 is 2.05 bits per heavy atom. The first-order valence-electron chi connectivity index (χ1n) is 6.84. The molecule has 0 aliphatic heterocycles. The number of nitrogens with one attached hydrogen (secondary N) is 1. The largest absolute Gasteiger partial charge is 0.493 e. The quantitative estimate of drug-likeness (QED) is 0.676. The second-order valence-electron chi connectivity index (χ2n) is 4.53. The highest BCUT2D eigenvalue weighted by Gasteiger charge is 2.10. The molecule has 0 aromatic heterocycles. The van der Waals surface area contributed by atoms with E-state index in [1.807, 2.05) is 18.2 Å². The molecule has 2 unspecified atom stereocenters. The topological polar surface area (TPSA) is 50.7 Å². The van der Waals surface area contributed by atoms with Crippen molar-refractivity contribution in [1.29, 1.82) is 0 Å². The predicted molar refractivity (Wildman–Crippen MR) is 80.0 cm³/mol. The van der Waals surface area contributed by atoms with Gasteiger partial charge in [-0.15, -0.1) is 6.42 Å². The fourth-order valence-electron chi connectivity index (χ4n) is 1.79. The molecule has 0 spiro atoms. The fourth-order valence-corrected chi connectivity index (χ4v) is 1.79. The smallest absolute Gasteiger partial charge is 0.161 e. The van der Waals surface area contributed by atoms with Gasteiger partial charge in [-0.1, -0.05) is 31.4 Å². The van der Waals surface area contributed by atoms with Gasteiger partial charge in [0, 0.05) is 6.54 Å². The number of aliphatic hydroxyl groups excluding tert-OH is 1. The maximum Gasteiger partial charge on any atom is 0.161 e. The normalized spacial score (nSPS) is 13.3. The van der Waals surface area contributed by atoms with Crippen molar-refractivity contribution in [2.75, 3.05) is 20.3 Å². The second-order valence-corrected chi connectivity index (χ2v) is 4.53. The number of hydrogen-bond donors (Lipinski definition) is 2. The van der Waals surface area contributed by atoms with Crippen LogP contribution in [-0.4, -0.2) is 37.5 Å². The van der Waals surface area contributed by atoms with Gasteiger partial charge in [-0.25, -0.2) is 0 Å². The zero-order valence-corrected chi connectivity index (χ0v) is 12.1. The van der Waals surface area contributed by atoms with Crippen molar-refractivity contribution in [3.8, 4) is 23.8 Å². The van der Waals surface area contributed by atoms with E-state index in [-0.39, 0.29) is 12.6 Å². The van der Waals surface area contributed by atoms with Gasteiger partial charge in [0.1, 0.15) is 12.7 Å². The molecule has 20 heavy (non-hydrogen) atoms. The highest BCUT2D eigenvalue weighted by Crippen LogP contribution is 2.25. The van der Waals surface area contributed by atoms with Crippen LogP contribution in [0.5, 0.6) is 11.5 Å². The van der Waals surface area contributed by atoms with Crippen molar-refractivity contribution < 1.29 is 14.6 Å². The Balaban J connectivity index is 2.36. The van der Waals surface area contributed by atoms with E-state index in [0.717, 1.165) is 12.8 Å². The number of benzene rings is 1. The summed E-state index contributed by atoms with van der Waals surface area (Å²) in [4.78, 5) is 0. The minimum atomic E-state index is -0.618. The number of methoxy groups -OCH3 is 1. The van der Waals surface area contributed by atoms with E-state index >= 15 is 0 Å². The maximum atomic E-state index is 9.89. The van der Waals surface area contributed by atoms with Crippen molar-refractivity contribution in [3.05, 3.63) is 24.3 Å². The predicted octanol–water partition coefficient (Wildman–Crippen LogP) is 1.83. The Morgan fingerprint density at radius 1 is 1.35 bits per heavy atom. The van der Waals surface area contributed by atoms with Crippen LogP contribution in [0, 0.1) is 12.3 Å². The van der Waals surface area contributed by atoms with Crippen LogP contribution in [-0.2, 0) is 0 Å². The van der Waals surface area contributed by atoms with Crippen molar-refractivity contribution in [2.45, 2.75) is 31.9 Å². The Bertz CT molecular complexity index is 428. The van der Waals surface area contributed by atoms with E-state index in [1.165, 1.54) is 0 Å². The van der Waals surface area contributed by atoms with Crippen LogP contribution in [0.1, 0.15) is 19.8 Å². The summed E-state index contributed by atoms with van der Waals surface area (Å²) < 4.78 is 10.7. The third-order valence-electron chi connectivity index (χ3n) is 2.88. The number of aliphatic hydroxyl groups is 1. The molecule has 0 amide bonds. The van der Waals surface area contributed by atoms with E-state index in [4.69, 9.17) is 15.9 Å². The number of terminal acetylenes is 1. The summed E-state index contributed by atoms with van der Waals surface area (Å²) in [5.41, 5.74) is 0. The molecule has 1 aromatic rings. The first-order valence-corrected chi connectivity index (χ1v) is 6.84. The summed E-state index contributed by atoms with van der Waals surface area (Å²) in [6, 6.07) is 7.35. The molecule has 1 rings (SSSR count). The van der Waals surface area contributed by atoms with Crippen LogP contribution >= 0.6 is 0 Å². The third kappa shape index (κ3) is 5.52. The van der Waals surface area contributed by atoms with Gasteiger partial charge in [-0.05, 0) is 18.6 Å². The molecule has 1 aromatic carbocycles. The summed E-state index contributed by atoms with van der Waals surface area (Å²) in [5.74, 6) is 3.94. The summed E-state index contributed by atoms with van der Waals surface area (Å²) in [6.07, 6.45) is 6.70. The summed E-state index contributed by atoms with van der Waals surface area (Å²) in [7, 11) is 1.59. The standard InChI is InChI=1S/C16H23NO3/c1-4-8-13(5-2)17-11-14(18)12-20-16-10-7-6-9-15(16)19-3/h2,6-7,9-10,13-14,17-18H,4,8,11-12H2,1,3H3. The van der Waals surface area contributed by atoms with Crippen molar-refractivity contribution in [2.24, 2.45) is 0 Å².